The maximum Gasteiger partial charge on any atom is 0.329 e. The molecule has 0 spiro atoms. The smallest absolute Gasteiger partial charge is 0.329 e. The molecule has 8 heteroatoms. The Morgan fingerprint density at radius 3 is 2.62 bits per heavy atom. The number of hydrogen-bond acceptors (Lipinski definition) is 5. The number of aromatic amines is 1. The molecule has 2 amide bonds. The van der Waals surface area contributed by atoms with Gasteiger partial charge in [0.15, 0.2) is 0 Å². The standard InChI is InChI=1S/C21H28N4O4/c1-2-29-21(28)18(13-17-14-22-15-24-17)25-20(27)11-12-23-19(26)10-6-9-16-7-4-3-5-8-16/h3-5,7-8,14-15,18H,2,6,9-13H2,1H3,(H,22,24)(H,23,26)(H,25,27)/t18-/m0/s1. The lowest BCUT2D eigenvalue weighted by Gasteiger charge is -2.16. The lowest BCUT2D eigenvalue weighted by atomic mass is 10.1. The number of nitrogens with one attached hydrogen (secondary N) is 3. The van der Waals surface area contributed by atoms with E-state index in [1.54, 1.807) is 13.1 Å². The van der Waals surface area contributed by atoms with Crippen molar-refractivity contribution in [3.63, 3.8) is 0 Å². The van der Waals surface area contributed by atoms with Crippen molar-refractivity contribution in [3.05, 3.63) is 54.1 Å². The highest BCUT2D eigenvalue weighted by atomic mass is 16.5. The van der Waals surface area contributed by atoms with Gasteiger partial charge in [-0.15, -0.1) is 0 Å². The Kier molecular flexibility index (Phi) is 9.41. The fourth-order valence-electron chi connectivity index (χ4n) is 2.82. The lowest BCUT2D eigenvalue weighted by Crippen LogP contribution is -2.44. The van der Waals surface area contributed by atoms with Gasteiger partial charge in [-0.1, -0.05) is 30.3 Å². The third-order valence-electron chi connectivity index (χ3n) is 4.27. The van der Waals surface area contributed by atoms with Gasteiger partial charge in [0.1, 0.15) is 6.04 Å². The van der Waals surface area contributed by atoms with Crippen LogP contribution < -0.4 is 10.6 Å². The number of benzene rings is 1. The van der Waals surface area contributed by atoms with Crippen LogP contribution in [-0.4, -0.2) is 46.9 Å². The molecule has 0 unspecified atom stereocenters. The minimum atomic E-state index is -0.801. The highest BCUT2D eigenvalue weighted by Gasteiger charge is 2.23. The Balaban J connectivity index is 1.68. The largest absolute Gasteiger partial charge is 0.464 e. The van der Waals surface area contributed by atoms with E-state index in [4.69, 9.17) is 4.74 Å². The first kappa shape index (κ1) is 22.1. The number of amides is 2. The molecule has 0 aliphatic rings. The number of carbonyl (C=O) groups is 3. The van der Waals surface area contributed by atoms with Crippen LogP contribution in [-0.2, 0) is 32.0 Å². The van der Waals surface area contributed by atoms with Crippen molar-refractivity contribution in [3.8, 4) is 0 Å². The van der Waals surface area contributed by atoms with E-state index in [0.29, 0.717) is 6.42 Å². The third kappa shape index (κ3) is 8.59. The minimum absolute atomic E-state index is 0.0866. The number of aromatic nitrogens is 2. The summed E-state index contributed by atoms with van der Waals surface area (Å²) in [6.07, 6.45) is 5.43. The number of ether oxygens (including phenoxy) is 1. The average molecular weight is 400 g/mol. The fraction of sp³-hybridized carbons (Fsp3) is 0.429. The van der Waals surface area contributed by atoms with Crippen LogP contribution in [0, 0.1) is 0 Å². The van der Waals surface area contributed by atoms with E-state index >= 15 is 0 Å². The van der Waals surface area contributed by atoms with Gasteiger partial charge in [0.05, 0.1) is 12.9 Å². The Morgan fingerprint density at radius 2 is 1.93 bits per heavy atom. The first-order valence-electron chi connectivity index (χ1n) is 9.82. The molecule has 0 aliphatic heterocycles. The molecule has 0 saturated heterocycles. The van der Waals surface area contributed by atoms with Gasteiger partial charge in [-0.05, 0) is 25.3 Å². The minimum Gasteiger partial charge on any atom is -0.464 e. The van der Waals surface area contributed by atoms with Crippen molar-refractivity contribution in [2.45, 2.75) is 45.1 Å². The molecule has 1 aromatic carbocycles. The molecule has 1 heterocycles. The Hall–Kier alpha value is -3.16. The van der Waals surface area contributed by atoms with Gasteiger partial charge in [0.25, 0.3) is 0 Å². The van der Waals surface area contributed by atoms with Gasteiger partial charge in [-0.25, -0.2) is 9.78 Å². The van der Waals surface area contributed by atoms with Gasteiger partial charge in [-0.3, -0.25) is 9.59 Å². The molecular formula is C21H28N4O4. The number of esters is 1. The van der Waals surface area contributed by atoms with E-state index in [0.717, 1.165) is 18.5 Å². The number of hydrogen-bond donors (Lipinski definition) is 3. The second-order valence-corrected chi connectivity index (χ2v) is 6.59. The van der Waals surface area contributed by atoms with Crippen LogP contribution in [0.1, 0.15) is 37.4 Å². The maximum absolute atomic E-state index is 12.2. The summed E-state index contributed by atoms with van der Waals surface area (Å²) >= 11 is 0. The quantitative estimate of drug-likeness (QED) is 0.468. The first-order valence-corrected chi connectivity index (χ1v) is 9.82. The molecule has 0 saturated carbocycles. The molecule has 1 atom stereocenters. The topological polar surface area (TPSA) is 113 Å². The van der Waals surface area contributed by atoms with E-state index in [-0.39, 0.29) is 37.8 Å². The van der Waals surface area contributed by atoms with Crippen LogP contribution >= 0.6 is 0 Å². The normalized spacial score (nSPS) is 11.5. The van der Waals surface area contributed by atoms with Crippen LogP contribution in [0.25, 0.3) is 0 Å². The Labute approximate surface area is 170 Å². The van der Waals surface area contributed by atoms with Gasteiger partial charge >= 0.3 is 5.97 Å². The molecule has 8 nitrogen and oxygen atoms in total. The van der Waals surface area contributed by atoms with Crippen molar-refractivity contribution < 1.29 is 19.1 Å². The van der Waals surface area contributed by atoms with Crippen LogP contribution in [0.2, 0.25) is 0 Å². The fourth-order valence-corrected chi connectivity index (χ4v) is 2.82. The molecule has 156 valence electrons. The summed E-state index contributed by atoms with van der Waals surface area (Å²) in [6, 6.07) is 9.18. The van der Waals surface area contributed by atoms with Crippen molar-refractivity contribution in [1.29, 1.82) is 0 Å². The van der Waals surface area contributed by atoms with Crippen LogP contribution in [0.5, 0.6) is 0 Å². The summed E-state index contributed by atoms with van der Waals surface area (Å²) in [6.45, 7) is 2.16. The number of nitrogens with zero attached hydrogens (tertiary/aromatic N) is 1. The SMILES string of the molecule is CCOC(=O)[C@H](Cc1cnc[nH]1)NC(=O)CCNC(=O)CCCc1ccccc1. The first-order chi connectivity index (χ1) is 14.1. The molecule has 2 rings (SSSR count). The highest BCUT2D eigenvalue weighted by Crippen LogP contribution is 2.04. The van der Waals surface area contributed by atoms with Gasteiger partial charge in [0, 0.05) is 37.7 Å². The van der Waals surface area contributed by atoms with Crippen molar-refractivity contribution >= 4 is 17.8 Å². The molecule has 1 aromatic heterocycles. The summed E-state index contributed by atoms with van der Waals surface area (Å²) in [5, 5.41) is 5.41. The second-order valence-electron chi connectivity index (χ2n) is 6.59. The number of H-pyrrole nitrogens is 1. The third-order valence-corrected chi connectivity index (χ3v) is 4.27. The number of rotatable bonds is 12. The van der Waals surface area contributed by atoms with E-state index in [2.05, 4.69) is 20.6 Å². The molecule has 2 aromatic rings. The van der Waals surface area contributed by atoms with Crippen LogP contribution in [0.15, 0.2) is 42.9 Å². The summed E-state index contributed by atoms with van der Waals surface area (Å²) in [5.41, 5.74) is 1.91. The van der Waals surface area contributed by atoms with Gasteiger partial charge < -0.3 is 20.4 Å². The highest BCUT2D eigenvalue weighted by molar-refractivity contribution is 5.85. The van der Waals surface area contributed by atoms with Crippen molar-refractivity contribution in [1.82, 2.24) is 20.6 Å². The van der Waals surface area contributed by atoms with Crippen LogP contribution in [0.3, 0.4) is 0 Å². The van der Waals surface area contributed by atoms with E-state index in [1.807, 2.05) is 30.3 Å². The Morgan fingerprint density at radius 1 is 1.14 bits per heavy atom. The Bertz CT molecular complexity index is 762. The monoisotopic (exact) mass is 400 g/mol. The molecule has 0 aliphatic carbocycles. The van der Waals surface area contributed by atoms with E-state index in [1.165, 1.54) is 11.9 Å². The van der Waals surface area contributed by atoms with Crippen molar-refractivity contribution in [2.24, 2.45) is 0 Å². The number of imidazole rings is 1. The average Bonchev–Trinajstić information content (AvgIpc) is 3.21. The molecule has 29 heavy (non-hydrogen) atoms. The molecular weight excluding hydrogens is 372 g/mol. The predicted octanol–water partition coefficient (Wildman–Crippen LogP) is 1.53. The van der Waals surface area contributed by atoms with Crippen LogP contribution in [0.4, 0.5) is 0 Å². The molecule has 0 bridgehead atoms. The number of aryl methyl sites for hydroxylation is 1. The second kappa shape index (κ2) is 12.3. The summed E-state index contributed by atoms with van der Waals surface area (Å²) in [7, 11) is 0. The lowest BCUT2D eigenvalue weighted by molar-refractivity contribution is -0.147. The summed E-state index contributed by atoms with van der Waals surface area (Å²) in [5.74, 6) is -0.916. The van der Waals surface area contributed by atoms with Gasteiger partial charge in [0.2, 0.25) is 11.8 Å². The van der Waals surface area contributed by atoms with E-state index < -0.39 is 12.0 Å². The zero-order valence-corrected chi connectivity index (χ0v) is 16.6. The number of carbonyl (C=O) groups excluding carboxylic acids is 3. The molecule has 3 N–H and O–H groups in total. The summed E-state index contributed by atoms with van der Waals surface area (Å²) < 4.78 is 5.02. The maximum atomic E-state index is 12.2. The van der Waals surface area contributed by atoms with Gasteiger partial charge in [-0.2, -0.15) is 0 Å². The zero-order valence-electron chi connectivity index (χ0n) is 16.6. The summed E-state index contributed by atoms with van der Waals surface area (Å²) in [4.78, 5) is 43.0. The van der Waals surface area contributed by atoms with Crippen molar-refractivity contribution in [2.75, 3.05) is 13.2 Å². The molecule has 0 fully saturated rings. The predicted molar refractivity (Wildman–Crippen MR) is 108 cm³/mol. The zero-order chi connectivity index (χ0) is 20.9. The van der Waals surface area contributed by atoms with E-state index in [9.17, 15) is 14.4 Å². The molecule has 0 radical (unpaired) electrons.